The Hall–Kier alpha value is -2.50. The van der Waals surface area contributed by atoms with Gasteiger partial charge in [-0.25, -0.2) is 4.79 Å². The molecule has 0 saturated carbocycles. The molecule has 0 aliphatic heterocycles. The molecule has 0 heterocycles. The van der Waals surface area contributed by atoms with Crippen molar-refractivity contribution < 1.29 is 23.8 Å². The second kappa shape index (κ2) is 8.82. The van der Waals surface area contributed by atoms with Crippen molar-refractivity contribution in [2.24, 2.45) is 0 Å². The summed E-state index contributed by atoms with van der Waals surface area (Å²) in [5, 5.41) is 0. The van der Waals surface area contributed by atoms with Crippen LogP contribution in [0.15, 0.2) is 24.3 Å². The van der Waals surface area contributed by atoms with Crippen LogP contribution in [0.3, 0.4) is 0 Å². The van der Waals surface area contributed by atoms with E-state index < -0.39 is 5.97 Å². The van der Waals surface area contributed by atoms with Gasteiger partial charge in [0.15, 0.2) is 18.1 Å². The molecule has 23 heavy (non-hydrogen) atoms. The maximum absolute atomic E-state index is 11.6. The average Bonchev–Trinajstić information content (AvgIpc) is 2.50. The number of esters is 1. The summed E-state index contributed by atoms with van der Waals surface area (Å²) in [6.07, 6.45) is 2.89. The summed E-state index contributed by atoms with van der Waals surface area (Å²) in [6, 6.07) is 5.33. The van der Waals surface area contributed by atoms with Gasteiger partial charge in [-0.05, 0) is 37.6 Å². The molecule has 1 amide bonds. The first-order chi connectivity index (χ1) is 10.8. The molecule has 0 fully saturated rings. The number of carbonyl (C=O) groups excluding carboxylic acids is 2. The third-order valence-corrected chi connectivity index (χ3v) is 2.80. The van der Waals surface area contributed by atoms with E-state index in [-0.39, 0.29) is 18.6 Å². The van der Waals surface area contributed by atoms with E-state index in [0.29, 0.717) is 11.5 Å². The normalized spacial score (nSPS) is 10.7. The van der Waals surface area contributed by atoms with Crippen molar-refractivity contribution >= 4 is 18.0 Å². The molecular weight excluding hydrogens is 298 g/mol. The lowest BCUT2D eigenvalue weighted by molar-refractivity contribution is -0.146. The van der Waals surface area contributed by atoms with Gasteiger partial charge in [0.05, 0.1) is 13.2 Å². The zero-order chi connectivity index (χ0) is 17.4. The van der Waals surface area contributed by atoms with E-state index in [1.807, 2.05) is 13.8 Å². The van der Waals surface area contributed by atoms with Crippen LogP contribution in [0.25, 0.3) is 6.08 Å². The quantitative estimate of drug-likeness (QED) is 0.568. The molecule has 6 nitrogen and oxygen atoms in total. The molecular formula is C17H23NO5. The number of amides is 1. The number of benzene rings is 1. The van der Waals surface area contributed by atoms with Crippen LogP contribution in [0.4, 0.5) is 0 Å². The number of methoxy groups -OCH3 is 1. The van der Waals surface area contributed by atoms with Gasteiger partial charge < -0.3 is 19.1 Å². The highest BCUT2D eigenvalue weighted by Gasteiger charge is 2.08. The summed E-state index contributed by atoms with van der Waals surface area (Å²) in [7, 11) is 4.75. The van der Waals surface area contributed by atoms with E-state index in [1.165, 1.54) is 11.0 Å². The van der Waals surface area contributed by atoms with Gasteiger partial charge in [0, 0.05) is 20.2 Å². The van der Waals surface area contributed by atoms with Gasteiger partial charge in [-0.15, -0.1) is 0 Å². The summed E-state index contributed by atoms with van der Waals surface area (Å²) >= 11 is 0. The first kappa shape index (κ1) is 18.5. The van der Waals surface area contributed by atoms with Crippen molar-refractivity contribution in [1.29, 1.82) is 0 Å². The van der Waals surface area contributed by atoms with Crippen molar-refractivity contribution in [3.63, 3.8) is 0 Å². The van der Waals surface area contributed by atoms with Crippen molar-refractivity contribution in [1.82, 2.24) is 4.90 Å². The van der Waals surface area contributed by atoms with E-state index in [1.54, 1.807) is 45.5 Å². The summed E-state index contributed by atoms with van der Waals surface area (Å²) in [5.74, 6) is 0.362. The Kier molecular flexibility index (Phi) is 7.12. The van der Waals surface area contributed by atoms with Gasteiger partial charge in [-0.2, -0.15) is 0 Å². The number of nitrogens with zero attached hydrogens (tertiary/aromatic N) is 1. The highest BCUT2D eigenvalue weighted by atomic mass is 16.5. The zero-order valence-corrected chi connectivity index (χ0v) is 14.2. The van der Waals surface area contributed by atoms with Gasteiger partial charge in [0.2, 0.25) is 0 Å². The van der Waals surface area contributed by atoms with Gasteiger partial charge in [-0.3, -0.25) is 4.79 Å². The Balaban J connectivity index is 2.69. The first-order valence-corrected chi connectivity index (χ1v) is 7.23. The van der Waals surface area contributed by atoms with Crippen molar-refractivity contribution in [2.45, 2.75) is 20.0 Å². The molecule has 1 aromatic carbocycles. The summed E-state index contributed by atoms with van der Waals surface area (Å²) in [6.45, 7) is 3.58. The van der Waals surface area contributed by atoms with Crippen molar-refractivity contribution in [2.75, 3.05) is 27.8 Å². The predicted molar refractivity (Wildman–Crippen MR) is 87.4 cm³/mol. The fraction of sp³-hybridized carbons (Fsp3) is 0.412. The Labute approximate surface area is 136 Å². The number of likely N-dealkylation sites (N-methyl/N-ethyl adjacent to an activating group) is 1. The Bertz CT molecular complexity index is 578. The second-order valence-corrected chi connectivity index (χ2v) is 5.31. The van der Waals surface area contributed by atoms with Crippen LogP contribution >= 0.6 is 0 Å². The molecule has 126 valence electrons. The molecule has 0 N–H and O–H groups in total. The minimum Gasteiger partial charge on any atom is -0.493 e. The topological polar surface area (TPSA) is 65.1 Å². The summed E-state index contributed by atoms with van der Waals surface area (Å²) < 4.78 is 15.7. The summed E-state index contributed by atoms with van der Waals surface area (Å²) in [4.78, 5) is 24.3. The minimum atomic E-state index is -0.582. The van der Waals surface area contributed by atoms with Gasteiger partial charge in [0.1, 0.15) is 0 Å². The second-order valence-electron chi connectivity index (χ2n) is 5.31. The van der Waals surface area contributed by atoms with Crippen LogP contribution < -0.4 is 9.47 Å². The number of hydrogen-bond donors (Lipinski definition) is 0. The average molecular weight is 321 g/mol. The Morgan fingerprint density at radius 3 is 2.48 bits per heavy atom. The van der Waals surface area contributed by atoms with Crippen LogP contribution in [0, 0.1) is 0 Å². The lowest BCUT2D eigenvalue weighted by Crippen LogP contribution is -2.27. The number of rotatable bonds is 7. The monoisotopic (exact) mass is 321 g/mol. The number of hydrogen-bond acceptors (Lipinski definition) is 5. The smallest absolute Gasteiger partial charge is 0.331 e. The fourth-order valence-electron chi connectivity index (χ4n) is 1.61. The Morgan fingerprint density at radius 1 is 1.22 bits per heavy atom. The maximum Gasteiger partial charge on any atom is 0.331 e. The molecule has 1 rings (SSSR count). The van der Waals surface area contributed by atoms with E-state index in [0.717, 1.165) is 5.56 Å². The third kappa shape index (κ3) is 6.42. The SMILES string of the molecule is COc1cc(/C=C/C(=O)OCC(=O)N(C)C)ccc1OC(C)C. The van der Waals surface area contributed by atoms with Crippen LogP contribution in [0.5, 0.6) is 11.5 Å². The zero-order valence-electron chi connectivity index (χ0n) is 14.2. The fourth-order valence-corrected chi connectivity index (χ4v) is 1.61. The molecule has 0 radical (unpaired) electrons. The molecule has 0 saturated heterocycles. The van der Waals surface area contributed by atoms with E-state index in [2.05, 4.69) is 0 Å². The van der Waals surface area contributed by atoms with Gasteiger partial charge >= 0.3 is 5.97 Å². The molecule has 0 spiro atoms. The standard InChI is InChI=1S/C17H23NO5/c1-12(2)23-14-8-6-13(10-15(14)21-5)7-9-17(20)22-11-16(19)18(3)4/h6-10,12H,11H2,1-5H3/b9-7+. The van der Waals surface area contributed by atoms with Gasteiger partial charge in [0.25, 0.3) is 5.91 Å². The summed E-state index contributed by atoms with van der Waals surface area (Å²) in [5.41, 5.74) is 0.758. The number of ether oxygens (including phenoxy) is 3. The molecule has 0 aromatic heterocycles. The lowest BCUT2D eigenvalue weighted by Gasteiger charge is -2.13. The third-order valence-electron chi connectivity index (χ3n) is 2.80. The Morgan fingerprint density at radius 2 is 1.91 bits per heavy atom. The largest absolute Gasteiger partial charge is 0.493 e. The molecule has 0 atom stereocenters. The van der Waals surface area contributed by atoms with Crippen LogP contribution in [0.2, 0.25) is 0 Å². The molecule has 6 heteroatoms. The van der Waals surface area contributed by atoms with Crippen LogP contribution in [-0.4, -0.2) is 50.7 Å². The highest BCUT2D eigenvalue weighted by Crippen LogP contribution is 2.29. The first-order valence-electron chi connectivity index (χ1n) is 7.23. The van der Waals surface area contributed by atoms with Crippen molar-refractivity contribution in [3.05, 3.63) is 29.8 Å². The molecule has 0 unspecified atom stereocenters. The maximum atomic E-state index is 11.6. The number of carbonyl (C=O) groups is 2. The molecule has 0 bridgehead atoms. The van der Waals surface area contributed by atoms with Gasteiger partial charge in [-0.1, -0.05) is 6.07 Å². The van der Waals surface area contributed by atoms with Crippen LogP contribution in [-0.2, 0) is 14.3 Å². The van der Waals surface area contributed by atoms with Crippen molar-refractivity contribution in [3.8, 4) is 11.5 Å². The minimum absolute atomic E-state index is 0.0366. The molecule has 0 aliphatic rings. The lowest BCUT2D eigenvalue weighted by atomic mass is 10.2. The van der Waals surface area contributed by atoms with Crippen LogP contribution in [0.1, 0.15) is 19.4 Å². The van der Waals surface area contributed by atoms with E-state index >= 15 is 0 Å². The van der Waals surface area contributed by atoms with E-state index in [9.17, 15) is 9.59 Å². The van der Waals surface area contributed by atoms with E-state index in [4.69, 9.17) is 14.2 Å². The molecule has 0 aliphatic carbocycles. The molecule has 1 aromatic rings. The highest BCUT2D eigenvalue weighted by molar-refractivity contribution is 5.89. The predicted octanol–water partition coefficient (Wildman–Crippen LogP) is 2.13.